The molecule has 0 N–H and O–H groups in total. The van der Waals surface area contributed by atoms with Crippen molar-refractivity contribution in [3.05, 3.63) is 0 Å². The summed E-state index contributed by atoms with van der Waals surface area (Å²) in [4.78, 5) is 2.35. The third-order valence-electron chi connectivity index (χ3n) is 2.76. The van der Waals surface area contributed by atoms with Crippen LogP contribution in [0.1, 0.15) is 40.5 Å². The Morgan fingerprint density at radius 3 is 2.29 bits per heavy atom. The molecule has 0 bridgehead atoms. The third-order valence-corrected chi connectivity index (χ3v) is 7.69. The van der Waals surface area contributed by atoms with Gasteiger partial charge >= 0.3 is 0 Å². The molecule has 0 aliphatic carbocycles. The summed E-state index contributed by atoms with van der Waals surface area (Å²) in [7, 11) is 0. The molecule has 0 fully saturated rings. The summed E-state index contributed by atoms with van der Waals surface area (Å²) in [6.45, 7) is 9.73. The minimum atomic E-state index is -2.42. The van der Waals surface area contributed by atoms with Gasteiger partial charge in [0, 0.05) is 18.5 Å². The average molecular weight is 281 g/mol. The zero-order valence-corrected chi connectivity index (χ0v) is 13.5. The van der Waals surface area contributed by atoms with Gasteiger partial charge in [0.1, 0.15) is 0 Å². The van der Waals surface area contributed by atoms with Crippen LogP contribution in [0.3, 0.4) is 0 Å². The highest BCUT2D eigenvalue weighted by molar-refractivity contribution is 8.56. The molecule has 0 aromatic heterocycles. The first-order chi connectivity index (χ1) is 8.11. The standard InChI is InChI=1S/C12H28NO2PS/c1-5-9-11-15-16(14,8-4)17-12-10-13(6-2)7-3/h5-12H2,1-4H3. The van der Waals surface area contributed by atoms with Gasteiger partial charge in [-0.15, -0.1) is 0 Å². The van der Waals surface area contributed by atoms with Crippen LogP contribution in [0.2, 0.25) is 0 Å². The van der Waals surface area contributed by atoms with Gasteiger partial charge in [0.05, 0.1) is 6.61 Å². The van der Waals surface area contributed by atoms with E-state index >= 15 is 0 Å². The first-order valence-electron chi connectivity index (χ1n) is 6.72. The minimum Gasteiger partial charge on any atom is -0.321 e. The van der Waals surface area contributed by atoms with Crippen LogP contribution in [0.25, 0.3) is 0 Å². The molecule has 104 valence electrons. The van der Waals surface area contributed by atoms with Crippen molar-refractivity contribution in [3.63, 3.8) is 0 Å². The quantitative estimate of drug-likeness (QED) is 0.421. The topological polar surface area (TPSA) is 29.5 Å². The molecule has 1 atom stereocenters. The Hall–Kier alpha value is 0.500. The lowest BCUT2D eigenvalue weighted by molar-refractivity contribution is 0.316. The Kier molecular flexibility index (Phi) is 10.7. The summed E-state index contributed by atoms with van der Waals surface area (Å²) in [6, 6.07) is 0. The van der Waals surface area contributed by atoms with E-state index in [4.69, 9.17) is 4.52 Å². The van der Waals surface area contributed by atoms with E-state index in [-0.39, 0.29) is 0 Å². The minimum absolute atomic E-state index is 0.639. The van der Waals surface area contributed by atoms with Crippen molar-refractivity contribution in [1.29, 1.82) is 0 Å². The van der Waals surface area contributed by atoms with E-state index in [1.807, 2.05) is 6.92 Å². The summed E-state index contributed by atoms with van der Waals surface area (Å²) in [5.74, 6) is 0.902. The van der Waals surface area contributed by atoms with Crippen LogP contribution in [0.4, 0.5) is 0 Å². The van der Waals surface area contributed by atoms with E-state index in [9.17, 15) is 4.57 Å². The summed E-state index contributed by atoms with van der Waals surface area (Å²) >= 11 is 1.53. The van der Waals surface area contributed by atoms with Gasteiger partial charge in [-0.3, -0.25) is 4.57 Å². The molecule has 0 saturated heterocycles. The maximum atomic E-state index is 12.3. The van der Waals surface area contributed by atoms with Crippen molar-refractivity contribution in [2.24, 2.45) is 0 Å². The highest BCUT2D eigenvalue weighted by atomic mass is 32.7. The summed E-state index contributed by atoms with van der Waals surface area (Å²) in [6.07, 6.45) is 2.73. The highest BCUT2D eigenvalue weighted by Gasteiger charge is 2.21. The normalized spacial score (nSPS) is 15.1. The van der Waals surface area contributed by atoms with Gasteiger partial charge in [-0.05, 0) is 19.5 Å². The molecule has 3 nitrogen and oxygen atoms in total. The lowest BCUT2D eigenvalue weighted by Crippen LogP contribution is -2.25. The monoisotopic (exact) mass is 281 g/mol. The lowest BCUT2D eigenvalue weighted by atomic mass is 10.4. The molecule has 0 rings (SSSR count). The van der Waals surface area contributed by atoms with Crippen molar-refractivity contribution in [2.45, 2.75) is 40.5 Å². The molecule has 1 unspecified atom stereocenters. The molecule has 5 heteroatoms. The van der Waals surface area contributed by atoms with E-state index in [2.05, 4.69) is 25.7 Å². The molecule has 0 saturated carbocycles. The molecule has 17 heavy (non-hydrogen) atoms. The van der Waals surface area contributed by atoms with E-state index < -0.39 is 6.57 Å². The summed E-state index contributed by atoms with van der Waals surface area (Å²) < 4.78 is 17.9. The van der Waals surface area contributed by atoms with Crippen molar-refractivity contribution in [1.82, 2.24) is 4.90 Å². The van der Waals surface area contributed by atoms with Crippen LogP contribution in [-0.4, -0.2) is 43.1 Å². The van der Waals surface area contributed by atoms with Gasteiger partial charge in [0.15, 0.2) is 0 Å². The zero-order chi connectivity index (χ0) is 13.1. The second kappa shape index (κ2) is 10.4. The van der Waals surface area contributed by atoms with Gasteiger partial charge in [0.2, 0.25) is 0 Å². The van der Waals surface area contributed by atoms with Crippen molar-refractivity contribution < 1.29 is 9.09 Å². The summed E-state index contributed by atoms with van der Waals surface area (Å²) in [5, 5.41) is 0. The lowest BCUT2D eigenvalue weighted by Gasteiger charge is -2.20. The van der Waals surface area contributed by atoms with Gasteiger partial charge < -0.3 is 9.42 Å². The average Bonchev–Trinajstić information content (AvgIpc) is 2.35. The molecule has 0 amide bonds. The fourth-order valence-corrected chi connectivity index (χ4v) is 4.96. The van der Waals surface area contributed by atoms with Crippen molar-refractivity contribution >= 4 is 18.0 Å². The maximum absolute atomic E-state index is 12.3. The first kappa shape index (κ1) is 17.5. The SMILES string of the molecule is CCCCOP(=O)(CC)SCCN(CC)CC. The molecule has 0 aliphatic heterocycles. The largest absolute Gasteiger partial charge is 0.321 e. The Morgan fingerprint density at radius 1 is 1.18 bits per heavy atom. The second-order valence-electron chi connectivity index (χ2n) is 3.97. The van der Waals surface area contributed by atoms with Crippen molar-refractivity contribution in [2.75, 3.05) is 38.2 Å². The molecule has 0 aromatic carbocycles. The van der Waals surface area contributed by atoms with Crippen LogP contribution in [0, 0.1) is 0 Å². The Balaban J connectivity index is 3.90. The van der Waals surface area contributed by atoms with Gasteiger partial charge in [-0.1, -0.05) is 45.5 Å². The zero-order valence-electron chi connectivity index (χ0n) is 11.8. The molecular weight excluding hydrogens is 253 g/mol. The number of rotatable bonds is 11. The van der Waals surface area contributed by atoms with Crippen LogP contribution < -0.4 is 0 Å². The number of hydrogen-bond donors (Lipinski definition) is 0. The van der Waals surface area contributed by atoms with Gasteiger partial charge in [0.25, 0.3) is 6.57 Å². The van der Waals surface area contributed by atoms with E-state index in [0.717, 1.165) is 38.2 Å². The van der Waals surface area contributed by atoms with Crippen LogP contribution in [0.5, 0.6) is 0 Å². The molecular formula is C12H28NO2PS. The fourth-order valence-electron chi connectivity index (χ4n) is 1.42. The van der Waals surface area contributed by atoms with Crippen LogP contribution >= 0.6 is 18.0 Å². The summed E-state index contributed by atoms with van der Waals surface area (Å²) in [5.41, 5.74) is 0. The first-order valence-corrected chi connectivity index (χ1v) is 10.1. The molecule has 0 aliphatic rings. The predicted octanol–water partition coefficient (Wildman–Crippen LogP) is 4.09. The Bertz CT molecular complexity index is 223. The molecule has 0 aromatic rings. The Morgan fingerprint density at radius 2 is 1.82 bits per heavy atom. The van der Waals surface area contributed by atoms with Crippen LogP contribution in [-0.2, 0) is 9.09 Å². The number of unbranched alkanes of at least 4 members (excludes halogenated alkanes) is 1. The fraction of sp³-hybridized carbons (Fsp3) is 1.00. The number of hydrogen-bond acceptors (Lipinski definition) is 4. The molecule has 0 heterocycles. The second-order valence-corrected chi connectivity index (χ2v) is 9.20. The Labute approximate surface area is 111 Å². The van der Waals surface area contributed by atoms with E-state index in [0.29, 0.717) is 12.8 Å². The highest BCUT2D eigenvalue weighted by Crippen LogP contribution is 2.59. The van der Waals surface area contributed by atoms with Crippen molar-refractivity contribution in [3.8, 4) is 0 Å². The van der Waals surface area contributed by atoms with Gasteiger partial charge in [-0.2, -0.15) is 0 Å². The maximum Gasteiger partial charge on any atom is 0.257 e. The van der Waals surface area contributed by atoms with E-state index in [1.54, 1.807) is 0 Å². The number of nitrogens with zero attached hydrogens (tertiary/aromatic N) is 1. The molecule has 0 spiro atoms. The van der Waals surface area contributed by atoms with E-state index in [1.165, 1.54) is 11.4 Å². The third kappa shape index (κ3) is 8.25. The molecule has 0 radical (unpaired) electrons. The predicted molar refractivity (Wildman–Crippen MR) is 79.3 cm³/mol. The van der Waals surface area contributed by atoms with Gasteiger partial charge in [-0.25, -0.2) is 0 Å². The van der Waals surface area contributed by atoms with Crippen LogP contribution in [0.15, 0.2) is 0 Å². The smallest absolute Gasteiger partial charge is 0.257 e.